The van der Waals surface area contributed by atoms with Gasteiger partial charge < -0.3 is 10.2 Å². The van der Waals surface area contributed by atoms with Gasteiger partial charge in [0.15, 0.2) is 0 Å². The molecule has 0 unspecified atom stereocenters. The van der Waals surface area contributed by atoms with Crippen LogP contribution in [0.2, 0.25) is 0 Å². The molecular weight excluding hydrogens is 336 g/mol. The van der Waals surface area contributed by atoms with Crippen LogP contribution in [-0.4, -0.2) is 22.4 Å². The Morgan fingerprint density at radius 2 is 2.04 bits per heavy atom. The highest BCUT2D eigenvalue weighted by Crippen LogP contribution is 2.27. The summed E-state index contributed by atoms with van der Waals surface area (Å²) in [4.78, 5) is 23.6. The highest BCUT2D eigenvalue weighted by atomic mass is 16.2. The fourth-order valence-corrected chi connectivity index (χ4v) is 3.45. The van der Waals surface area contributed by atoms with Gasteiger partial charge in [-0.15, -0.1) is 0 Å². The highest BCUT2D eigenvalue weighted by molar-refractivity contribution is 6.05. The number of hydrogen-bond donors (Lipinski definition) is 1. The topological polar surface area (TPSA) is 58.1 Å². The van der Waals surface area contributed by atoms with Crippen molar-refractivity contribution in [3.05, 3.63) is 83.2 Å². The first kappa shape index (κ1) is 17.2. The number of amides is 1. The molecule has 0 atom stereocenters. The molecule has 0 saturated carbocycles. The predicted octanol–water partition coefficient (Wildman–Crippen LogP) is 3.99. The molecule has 0 spiro atoms. The number of aromatic nitrogens is 2. The molecule has 0 saturated heterocycles. The Morgan fingerprint density at radius 1 is 1.15 bits per heavy atom. The van der Waals surface area contributed by atoms with E-state index in [1.54, 1.807) is 12.3 Å². The zero-order chi connectivity index (χ0) is 18.6. The Balaban J connectivity index is 1.52. The Bertz CT molecular complexity index is 970. The minimum atomic E-state index is -0.0804. The van der Waals surface area contributed by atoms with E-state index in [9.17, 15) is 4.79 Å². The average Bonchev–Trinajstić information content (AvgIpc) is 2.71. The Kier molecular flexibility index (Phi) is 4.83. The average molecular weight is 358 g/mol. The number of nitrogens with zero attached hydrogens (tertiary/aromatic N) is 3. The third-order valence-electron chi connectivity index (χ3n) is 4.76. The summed E-state index contributed by atoms with van der Waals surface area (Å²) in [5, 5.41) is 3.21. The zero-order valence-corrected chi connectivity index (χ0v) is 15.4. The maximum atomic E-state index is 13.0. The molecule has 27 heavy (non-hydrogen) atoms. The van der Waals surface area contributed by atoms with Crippen molar-refractivity contribution < 1.29 is 4.79 Å². The lowest BCUT2D eigenvalue weighted by Crippen LogP contribution is -2.36. The van der Waals surface area contributed by atoms with Crippen molar-refractivity contribution in [3.8, 4) is 0 Å². The van der Waals surface area contributed by atoms with E-state index >= 15 is 0 Å². The molecule has 3 aromatic rings. The van der Waals surface area contributed by atoms with E-state index in [2.05, 4.69) is 46.5 Å². The highest BCUT2D eigenvalue weighted by Gasteiger charge is 2.24. The van der Waals surface area contributed by atoms with Crippen molar-refractivity contribution in [2.75, 3.05) is 16.8 Å². The van der Waals surface area contributed by atoms with Gasteiger partial charge in [0, 0.05) is 25.0 Å². The third kappa shape index (κ3) is 3.82. The van der Waals surface area contributed by atoms with E-state index in [1.807, 2.05) is 29.2 Å². The van der Waals surface area contributed by atoms with Crippen molar-refractivity contribution in [2.45, 2.75) is 26.3 Å². The zero-order valence-electron chi connectivity index (χ0n) is 15.4. The van der Waals surface area contributed by atoms with Gasteiger partial charge in [-0.05, 0) is 43.0 Å². The number of hydrogen-bond acceptors (Lipinski definition) is 4. The second-order valence-corrected chi connectivity index (χ2v) is 6.80. The Hall–Kier alpha value is -3.21. The molecule has 1 amide bonds. The number of para-hydroxylation sites is 1. The third-order valence-corrected chi connectivity index (χ3v) is 4.76. The van der Waals surface area contributed by atoms with Crippen LogP contribution in [0.1, 0.15) is 33.6 Å². The molecule has 0 fully saturated rings. The number of carbonyl (C=O) groups excluding carboxylic acids is 1. The molecule has 5 nitrogen and oxygen atoms in total. The number of nitrogens with one attached hydrogen (secondary N) is 1. The largest absolute Gasteiger partial charge is 0.350 e. The van der Waals surface area contributed by atoms with Gasteiger partial charge in [0.2, 0.25) is 5.95 Å². The summed E-state index contributed by atoms with van der Waals surface area (Å²) in [5.41, 5.74) is 4.97. The van der Waals surface area contributed by atoms with Crippen LogP contribution in [0.4, 0.5) is 11.6 Å². The molecular formula is C22H22N4O. The monoisotopic (exact) mass is 358 g/mol. The number of benzene rings is 2. The van der Waals surface area contributed by atoms with Gasteiger partial charge in [-0.1, -0.05) is 48.0 Å². The molecule has 2 aromatic carbocycles. The van der Waals surface area contributed by atoms with Gasteiger partial charge in [-0.2, -0.15) is 0 Å². The second-order valence-electron chi connectivity index (χ2n) is 6.80. The summed E-state index contributed by atoms with van der Waals surface area (Å²) < 4.78 is 0. The van der Waals surface area contributed by atoms with Gasteiger partial charge in [-0.3, -0.25) is 4.79 Å². The van der Waals surface area contributed by atoms with Crippen molar-refractivity contribution in [2.24, 2.45) is 0 Å². The smallest absolute Gasteiger partial charge is 0.277 e. The first-order valence-corrected chi connectivity index (χ1v) is 9.23. The first-order chi connectivity index (χ1) is 13.2. The van der Waals surface area contributed by atoms with Crippen molar-refractivity contribution in [1.29, 1.82) is 0 Å². The van der Waals surface area contributed by atoms with Crippen LogP contribution < -0.4 is 10.2 Å². The quantitative estimate of drug-likeness (QED) is 0.766. The van der Waals surface area contributed by atoms with Gasteiger partial charge in [0.1, 0.15) is 5.69 Å². The molecule has 1 aliphatic heterocycles. The molecule has 4 rings (SSSR count). The molecule has 2 heterocycles. The molecule has 5 heteroatoms. The summed E-state index contributed by atoms with van der Waals surface area (Å²) in [6, 6.07) is 18.0. The summed E-state index contributed by atoms with van der Waals surface area (Å²) in [7, 11) is 0. The molecule has 1 aromatic heterocycles. The van der Waals surface area contributed by atoms with E-state index in [0.717, 1.165) is 24.1 Å². The van der Waals surface area contributed by atoms with Crippen LogP contribution in [0.3, 0.4) is 0 Å². The van der Waals surface area contributed by atoms with E-state index in [1.165, 1.54) is 11.1 Å². The van der Waals surface area contributed by atoms with Crippen LogP contribution in [-0.2, 0) is 13.0 Å². The minimum Gasteiger partial charge on any atom is -0.350 e. The predicted molar refractivity (Wildman–Crippen MR) is 107 cm³/mol. The van der Waals surface area contributed by atoms with Crippen LogP contribution in [0.5, 0.6) is 0 Å². The van der Waals surface area contributed by atoms with Crippen LogP contribution in [0.15, 0.2) is 60.8 Å². The summed E-state index contributed by atoms with van der Waals surface area (Å²) in [5.74, 6) is 0.385. The standard InChI is InChI=1S/C22H22N4O/c1-16-6-4-7-17(14-16)15-24-22-23-12-11-19(25-22)21(27)26-13-5-9-18-8-2-3-10-20(18)26/h2-4,6-8,10-12,14H,5,9,13,15H2,1H3,(H,23,24,25). The molecule has 0 radical (unpaired) electrons. The maximum Gasteiger partial charge on any atom is 0.277 e. The maximum absolute atomic E-state index is 13.0. The summed E-state index contributed by atoms with van der Waals surface area (Å²) in [6.45, 7) is 3.40. The minimum absolute atomic E-state index is 0.0804. The lowest BCUT2D eigenvalue weighted by Gasteiger charge is -2.29. The second kappa shape index (κ2) is 7.58. The van der Waals surface area contributed by atoms with Crippen LogP contribution in [0.25, 0.3) is 0 Å². The van der Waals surface area contributed by atoms with E-state index in [-0.39, 0.29) is 5.91 Å². The fraction of sp³-hybridized carbons (Fsp3) is 0.227. The molecule has 136 valence electrons. The summed E-state index contributed by atoms with van der Waals surface area (Å²) >= 11 is 0. The normalized spacial score (nSPS) is 13.1. The Labute approximate surface area is 159 Å². The van der Waals surface area contributed by atoms with Gasteiger partial charge in [0.25, 0.3) is 5.91 Å². The number of fused-ring (bicyclic) bond motifs is 1. The van der Waals surface area contributed by atoms with E-state index < -0.39 is 0 Å². The Morgan fingerprint density at radius 3 is 2.93 bits per heavy atom. The van der Waals surface area contributed by atoms with Crippen molar-refractivity contribution in [3.63, 3.8) is 0 Å². The SMILES string of the molecule is Cc1cccc(CNc2nccc(C(=O)N3CCCc4ccccc43)n2)c1. The molecule has 0 aliphatic carbocycles. The number of carbonyl (C=O) groups is 1. The lowest BCUT2D eigenvalue weighted by molar-refractivity contribution is 0.0980. The van der Waals surface area contributed by atoms with Crippen LogP contribution >= 0.6 is 0 Å². The number of anilines is 2. The van der Waals surface area contributed by atoms with Crippen molar-refractivity contribution >= 4 is 17.5 Å². The molecule has 0 bridgehead atoms. The number of aryl methyl sites for hydroxylation is 2. The van der Waals surface area contributed by atoms with Crippen molar-refractivity contribution in [1.82, 2.24) is 9.97 Å². The fourth-order valence-electron chi connectivity index (χ4n) is 3.45. The number of rotatable bonds is 4. The van der Waals surface area contributed by atoms with Crippen LogP contribution in [0, 0.1) is 6.92 Å². The van der Waals surface area contributed by atoms with Gasteiger partial charge >= 0.3 is 0 Å². The molecule has 1 aliphatic rings. The lowest BCUT2D eigenvalue weighted by atomic mass is 10.0. The first-order valence-electron chi connectivity index (χ1n) is 9.23. The van der Waals surface area contributed by atoms with Gasteiger partial charge in [-0.25, -0.2) is 9.97 Å². The van der Waals surface area contributed by atoms with E-state index in [0.29, 0.717) is 24.7 Å². The van der Waals surface area contributed by atoms with E-state index in [4.69, 9.17) is 0 Å². The molecule has 1 N–H and O–H groups in total. The summed E-state index contributed by atoms with van der Waals surface area (Å²) in [6.07, 6.45) is 3.61. The van der Waals surface area contributed by atoms with Gasteiger partial charge in [0.05, 0.1) is 0 Å².